The number of hydrogen-bond donors (Lipinski definition) is 0. The lowest BCUT2D eigenvalue weighted by Gasteiger charge is -2.20. The van der Waals surface area contributed by atoms with Gasteiger partial charge in [0.2, 0.25) is 5.91 Å². The second kappa shape index (κ2) is 8.36. The van der Waals surface area contributed by atoms with Crippen LogP contribution in [0.25, 0.3) is 10.2 Å². The summed E-state index contributed by atoms with van der Waals surface area (Å²) in [6.45, 7) is 8.81. The highest BCUT2D eigenvalue weighted by molar-refractivity contribution is 7.22. The number of aryl methyl sites for hydroxylation is 4. The van der Waals surface area contributed by atoms with Crippen LogP contribution in [0.3, 0.4) is 0 Å². The summed E-state index contributed by atoms with van der Waals surface area (Å²) >= 11 is 1.57. The first-order valence-electron chi connectivity index (χ1n) is 10.0. The van der Waals surface area contributed by atoms with Crippen molar-refractivity contribution in [2.45, 2.75) is 40.7 Å². The van der Waals surface area contributed by atoms with Crippen molar-refractivity contribution in [1.82, 2.24) is 9.97 Å². The van der Waals surface area contributed by atoms with Crippen LogP contribution < -0.4 is 4.90 Å². The molecule has 0 fully saturated rings. The average molecular weight is 416 g/mol. The summed E-state index contributed by atoms with van der Waals surface area (Å²) in [6.07, 6.45) is 3.89. The van der Waals surface area contributed by atoms with Crippen molar-refractivity contribution in [1.29, 1.82) is 0 Å². The zero-order valence-corrected chi connectivity index (χ0v) is 18.6. The Balaban J connectivity index is 1.70. The lowest BCUT2D eigenvalue weighted by molar-refractivity contribution is -0.118. The van der Waals surface area contributed by atoms with E-state index < -0.39 is 0 Å². The number of carbonyl (C=O) groups is 1. The monoisotopic (exact) mass is 415 g/mol. The van der Waals surface area contributed by atoms with Gasteiger partial charge in [-0.3, -0.25) is 14.7 Å². The van der Waals surface area contributed by atoms with Crippen molar-refractivity contribution in [3.05, 3.63) is 88.2 Å². The molecule has 5 heteroatoms. The Labute approximate surface area is 181 Å². The maximum Gasteiger partial charge on any atom is 0.233 e. The molecule has 0 atom stereocenters. The highest BCUT2D eigenvalue weighted by Crippen LogP contribution is 2.32. The van der Waals surface area contributed by atoms with Gasteiger partial charge >= 0.3 is 0 Å². The summed E-state index contributed by atoms with van der Waals surface area (Å²) in [6, 6.07) is 14.3. The fraction of sp³-hybridized carbons (Fsp3) is 0.240. The number of rotatable bonds is 5. The molecule has 4 nitrogen and oxygen atoms in total. The molecule has 0 aliphatic carbocycles. The van der Waals surface area contributed by atoms with Gasteiger partial charge in [-0.1, -0.05) is 35.6 Å². The SMILES string of the molecule is Cc1ccc(CC(=O)N(Cc2cccnc2)c2nc3cc(C)c(C)cc3s2)cc1C. The quantitative estimate of drug-likeness (QED) is 0.420. The van der Waals surface area contributed by atoms with E-state index in [2.05, 4.69) is 56.9 Å². The molecule has 2 heterocycles. The van der Waals surface area contributed by atoms with Gasteiger partial charge in [0.15, 0.2) is 5.13 Å². The molecule has 30 heavy (non-hydrogen) atoms. The predicted molar refractivity (Wildman–Crippen MR) is 124 cm³/mol. The minimum atomic E-state index is 0.0367. The van der Waals surface area contributed by atoms with E-state index in [-0.39, 0.29) is 5.91 Å². The number of anilines is 1. The number of benzene rings is 2. The summed E-state index contributed by atoms with van der Waals surface area (Å²) < 4.78 is 1.10. The second-order valence-corrected chi connectivity index (χ2v) is 8.85. The zero-order valence-electron chi connectivity index (χ0n) is 17.8. The Morgan fingerprint density at radius 3 is 2.43 bits per heavy atom. The maximum absolute atomic E-state index is 13.4. The second-order valence-electron chi connectivity index (χ2n) is 7.84. The third kappa shape index (κ3) is 4.26. The van der Waals surface area contributed by atoms with Gasteiger partial charge in [-0.15, -0.1) is 0 Å². The van der Waals surface area contributed by atoms with Crippen LogP contribution in [0.4, 0.5) is 5.13 Å². The molecule has 0 N–H and O–H groups in total. The standard InChI is InChI=1S/C25H25N3OS/c1-16-7-8-20(10-17(16)2)13-24(29)28(15-21-6-5-9-26-14-21)25-27-22-11-18(3)19(4)12-23(22)30-25/h5-12,14H,13,15H2,1-4H3. The first-order chi connectivity index (χ1) is 14.4. The van der Waals surface area contributed by atoms with Crippen molar-refractivity contribution in [3.63, 3.8) is 0 Å². The molecule has 2 aromatic heterocycles. The van der Waals surface area contributed by atoms with Crippen molar-refractivity contribution >= 4 is 32.6 Å². The molecule has 0 saturated carbocycles. The maximum atomic E-state index is 13.4. The summed E-state index contributed by atoms with van der Waals surface area (Å²) in [5, 5.41) is 0.729. The van der Waals surface area contributed by atoms with E-state index in [1.165, 1.54) is 22.3 Å². The fourth-order valence-electron chi connectivity index (χ4n) is 3.40. The van der Waals surface area contributed by atoms with Crippen LogP contribution in [0.5, 0.6) is 0 Å². The first kappa shape index (κ1) is 20.2. The van der Waals surface area contributed by atoms with Crippen molar-refractivity contribution in [2.24, 2.45) is 0 Å². The highest BCUT2D eigenvalue weighted by Gasteiger charge is 2.21. The van der Waals surface area contributed by atoms with Gasteiger partial charge in [0, 0.05) is 12.4 Å². The van der Waals surface area contributed by atoms with E-state index in [9.17, 15) is 4.79 Å². The minimum Gasteiger partial charge on any atom is -0.283 e. The number of fused-ring (bicyclic) bond motifs is 1. The number of nitrogens with zero attached hydrogens (tertiary/aromatic N) is 3. The molecule has 0 bridgehead atoms. The first-order valence-corrected chi connectivity index (χ1v) is 10.9. The molecule has 0 unspecified atom stereocenters. The van der Waals surface area contributed by atoms with Gasteiger partial charge in [-0.25, -0.2) is 4.98 Å². The van der Waals surface area contributed by atoms with Crippen molar-refractivity contribution in [3.8, 4) is 0 Å². The molecule has 0 aliphatic heterocycles. The van der Waals surface area contributed by atoms with Crippen LogP contribution in [0, 0.1) is 27.7 Å². The Bertz CT molecular complexity index is 1180. The molecule has 0 radical (unpaired) electrons. The molecule has 1 amide bonds. The number of amides is 1. The van der Waals surface area contributed by atoms with Crippen LogP contribution in [0.2, 0.25) is 0 Å². The Kier molecular flexibility index (Phi) is 5.64. The molecule has 4 rings (SSSR count). The third-order valence-corrected chi connectivity index (χ3v) is 6.56. The van der Waals surface area contributed by atoms with E-state index in [0.29, 0.717) is 13.0 Å². The summed E-state index contributed by atoms with van der Waals surface area (Å²) in [4.78, 5) is 24.2. The summed E-state index contributed by atoms with van der Waals surface area (Å²) in [7, 11) is 0. The van der Waals surface area contributed by atoms with Gasteiger partial charge in [0.25, 0.3) is 0 Å². The van der Waals surface area contributed by atoms with Crippen LogP contribution in [0.15, 0.2) is 54.9 Å². The van der Waals surface area contributed by atoms with Gasteiger partial charge in [-0.2, -0.15) is 0 Å². The van der Waals surface area contributed by atoms with E-state index in [1.54, 1.807) is 28.6 Å². The zero-order chi connectivity index (χ0) is 21.3. The summed E-state index contributed by atoms with van der Waals surface area (Å²) in [5.74, 6) is 0.0367. The minimum absolute atomic E-state index is 0.0367. The number of pyridine rings is 1. The number of hydrogen-bond acceptors (Lipinski definition) is 4. The third-order valence-electron chi connectivity index (χ3n) is 5.51. The van der Waals surface area contributed by atoms with Crippen LogP contribution in [-0.4, -0.2) is 15.9 Å². The normalized spacial score (nSPS) is 11.1. The topological polar surface area (TPSA) is 46.1 Å². The van der Waals surface area contributed by atoms with E-state index in [4.69, 9.17) is 4.98 Å². The molecule has 0 aliphatic rings. The summed E-state index contributed by atoms with van der Waals surface area (Å²) in [5.41, 5.74) is 7.82. The fourth-order valence-corrected chi connectivity index (χ4v) is 4.47. The Morgan fingerprint density at radius 1 is 0.933 bits per heavy atom. The number of carbonyl (C=O) groups excluding carboxylic acids is 1. The van der Waals surface area contributed by atoms with Gasteiger partial charge in [0.05, 0.1) is 23.2 Å². The predicted octanol–water partition coefficient (Wildman–Crippen LogP) is 5.70. The van der Waals surface area contributed by atoms with Gasteiger partial charge in [0.1, 0.15) is 0 Å². The van der Waals surface area contributed by atoms with Crippen molar-refractivity contribution in [2.75, 3.05) is 4.90 Å². The Morgan fingerprint density at radius 2 is 1.70 bits per heavy atom. The smallest absolute Gasteiger partial charge is 0.233 e. The Hall–Kier alpha value is -3.05. The number of thiazole rings is 1. The van der Waals surface area contributed by atoms with Crippen LogP contribution in [-0.2, 0) is 17.8 Å². The molecule has 152 valence electrons. The van der Waals surface area contributed by atoms with E-state index in [1.807, 2.05) is 18.2 Å². The molecule has 2 aromatic carbocycles. The van der Waals surface area contributed by atoms with Crippen molar-refractivity contribution < 1.29 is 4.79 Å². The average Bonchev–Trinajstić information content (AvgIpc) is 3.12. The largest absolute Gasteiger partial charge is 0.283 e. The lowest BCUT2D eigenvalue weighted by Crippen LogP contribution is -2.31. The van der Waals surface area contributed by atoms with Crippen LogP contribution >= 0.6 is 11.3 Å². The van der Waals surface area contributed by atoms with E-state index in [0.717, 1.165) is 26.5 Å². The van der Waals surface area contributed by atoms with Gasteiger partial charge < -0.3 is 0 Å². The molecular formula is C25H25N3OS. The lowest BCUT2D eigenvalue weighted by atomic mass is 10.0. The van der Waals surface area contributed by atoms with Gasteiger partial charge in [-0.05, 0) is 79.3 Å². The van der Waals surface area contributed by atoms with Crippen LogP contribution in [0.1, 0.15) is 33.4 Å². The molecule has 0 spiro atoms. The highest BCUT2D eigenvalue weighted by atomic mass is 32.1. The molecule has 0 saturated heterocycles. The molecular weight excluding hydrogens is 390 g/mol. The van der Waals surface area contributed by atoms with E-state index >= 15 is 0 Å². The molecule has 4 aromatic rings. The number of aromatic nitrogens is 2.